The number of nitrogens with zero attached hydrogens (tertiary/aromatic N) is 5. The van der Waals surface area contributed by atoms with Gasteiger partial charge in [-0.3, -0.25) is 9.59 Å². The number of hydrogen-bond acceptors (Lipinski definition) is 7. The summed E-state index contributed by atoms with van der Waals surface area (Å²) in [4.78, 5) is 30.1. The van der Waals surface area contributed by atoms with E-state index in [1.165, 1.54) is 21.7 Å². The number of aryl methyl sites for hydroxylation is 1. The molecular formula is C24H28N6O3S. The second-order valence-electron chi connectivity index (χ2n) is 8.66. The minimum atomic E-state index is -0.249. The third-order valence-corrected chi connectivity index (χ3v) is 7.15. The van der Waals surface area contributed by atoms with E-state index in [0.29, 0.717) is 12.4 Å². The molecule has 5 rings (SSSR count). The first-order chi connectivity index (χ1) is 16.7. The van der Waals surface area contributed by atoms with Crippen LogP contribution in [0.4, 0.5) is 5.69 Å². The molecule has 2 aromatic heterocycles. The molecule has 178 valence electrons. The van der Waals surface area contributed by atoms with E-state index in [9.17, 15) is 9.59 Å². The first-order valence-electron chi connectivity index (χ1n) is 11.8. The Kier molecular flexibility index (Phi) is 6.96. The molecule has 0 saturated carbocycles. The van der Waals surface area contributed by atoms with Crippen LogP contribution in [0, 0.1) is 0 Å². The van der Waals surface area contributed by atoms with Crippen LogP contribution in [0.1, 0.15) is 36.8 Å². The number of carbonyl (C=O) groups excluding carboxylic acids is 2. The highest BCUT2D eigenvalue weighted by molar-refractivity contribution is 7.13. The normalized spacial score (nSPS) is 17.4. The highest BCUT2D eigenvalue weighted by atomic mass is 32.1. The zero-order chi connectivity index (χ0) is 23.3. The first kappa shape index (κ1) is 22.7. The van der Waals surface area contributed by atoms with E-state index >= 15 is 0 Å². The fraction of sp³-hybridized carbons (Fsp3) is 0.458. The van der Waals surface area contributed by atoms with Crippen LogP contribution < -0.4 is 10.2 Å². The van der Waals surface area contributed by atoms with Crippen molar-refractivity contribution in [1.82, 2.24) is 25.5 Å². The average molecular weight is 481 g/mol. The Morgan fingerprint density at radius 3 is 2.91 bits per heavy atom. The molecule has 1 atom stereocenters. The Labute approximate surface area is 202 Å². The summed E-state index contributed by atoms with van der Waals surface area (Å²) in [6, 6.07) is 9.84. The molecule has 1 aliphatic heterocycles. The lowest BCUT2D eigenvalue weighted by atomic mass is 9.90. The van der Waals surface area contributed by atoms with Crippen molar-refractivity contribution in [3.8, 4) is 10.7 Å². The number of tetrazole rings is 1. The molecule has 0 spiro atoms. The molecule has 1 aromatic carbocycles. The van der Waals surface area contributed by atoms with Gasteiger partial charge >= 0.3 is 0 Å². The number of nitrogens with one attached hydrogen (secondary N) is 1. The Morgan fingerprint density at radius 1 is 1.18 bits per heavy atom. The number of thiophene rings is 1. The number of ether oxygens (including phenoxy) is 1. The van der Waals surface area contributed by atoms with Crippen molar-refractivity contribution in [2.45, 2.75) is 51.2 Å². The second kappa shape index (κ2) is 10.4. The van der Waals surface area contributed by atoms with E-state index in [-0.39, 0.29) is 31.0 Å². The third-order valence-electron chi connectivity index (χ3n) is 6.29. The van der Waals surface area contributed by atoms with Gasteiger partial charge in [-0.15, -0.1) is 21.5 Å². The minimum absolute atomic E-state index is 0.0487. The summed E-state index contributed by atoms with van der Waals surface area (Å²) >= 11 is 1.51. The number of amides is 2. The minimum Gasteiger partial charge on any atom is -0.376 e. The molecule has 10 heteroatoms. The summed E-state index contributed by atoms with van der Waals surface area (Å²) in [6.45, 7) is 1.04. The van der Waals surface area contributed by atoms with Crippen molar-refractivity contribution in [3.05, 3.63) is 46.8 Å². The first-order valence-corrected chi connectivity index (χ1v) is 12.7. The highest BCUT2D eigenvalue weighted by Crippen LogP contribution is 2.31. The van der Waals surface area contributed by atoms with Crippen LogP contribution >= 0.6 is 11.3 Å². The Morgan fingerprint density at radius 2 is 2.09 bits per heavy atom. The molecule has 0 bridgehead atoms. The van der Waals surface area contributed by atoms with Crippen molar-refractivity contribution in [2.24, 2.45) is 0 Å². The van der Waals surface area contributed by atoms with E-state index < -0.39 is 0 Å². The van der Waals surface area contributed by atoms with E-state index in [1.807, 2.05) is 29.6 Å². The zero-order valence-electron chi connectivity index (χ0n) is 19.0. The van der Waals surface area contributed by atoms with Crippen molar-refractivity contribution in [1.29, 1.82) is 0 Å². The van der Waals surface area contributed by atoms with Gasteiger partial charge in [0, 0.05) is 18.8 Å². The lowest BCUT2D eigenvalue weighted by Crippen LogP contribution is -2.44. The van der Waals surface area contributed by atoms with Gasteiger partial charge in [-0.2, -0.15) is 4.80 Å². The van der Waals surface area contributed by atoms with Gasteiger partial charge in [0.1, 0.15) is 13.1 Å². The molecule has 3 heterocycles. The molecule has 2 aliphatic rings. The Hall–Kier alpha value is -3.11. The summed E-state index contributed by atoms with van der Waals surface area (Å²) in [7, 11) is 0. The fourth-order valence-corrected chi connectivity index (χ4v) is 5.22. The van der Waals surface area contributed by atoms with Gasteiger partial charge < -0.3 is 15.0 Å². The monoisotopic (exact) mass is 480 g/mol. The van der Waals surface area contributed by atoms with E-state index in [1.54, 1.807) is 4.90 Å². The van der Waals surface area contributed by atoms with E-state index in [4.69, 9.17) is 4.74 Å². The molecule has 0 radical (unpaired) electrons. The largest absolute Gasteiger partial charge is 0.376 e. The Balaban J connectivity index is 1.35. The number of fused-ring (bicyclic) bond motifs is 1. The maximum atomic E-state index is 13.5. The molecule has 0 unspecified atom stereocenters. The summed E-state index contributed by atoms with van der Waals surface area (Å²) in [5, 5.41) is 17.4. The lowest BCUT2D eigenvalue weighted by molar-refractivity contribution is -0.124. The molecule has 1 aliphatic carbocycles. The summed E-state index contributed by atoms with van der Waals surface area (Å²) in [6.07, 6.45) is 6.11. The smallest absolute Gasteiger partial charge is 0.251 e. The van der Waals surface area contributed by atoms with Crippen LogP contribution in [0.25, 0.3) is 10.7 Å². The van der Waals surface area contributed by atoms with Gasteiger partial charge in [-0.05, 0) is 72.4 Å². The van der Waals surface area contributed by atoms with Crippen LogP contribution in [0.5, 0.6) is 0 Å². The number of hydrogen-bond donors (Lipinski definition) is 1. The van der Waals surface area contributed by atoms with Crippen LogP contribution in [0.3, 0.4) is 0 Å². The average Bonchev–Trinajstić information content (AvgIpc) is 3.64. The number of carbonyl (C=O) groups is 2. The zero-order valence-corrected chi connectivity index (χ0v) is 19.8. The van der Waals surface area contributed by atoms with Gasteiger partial charge in [0.25, 0.3) is 5.91 Å². The van der Waals surface area contributed by atoms with Crippen LogP contribution in [-0.4, -0.2) is 57.8 Å². The molecule has 2 amide bonds. The summed E-state index contributed by atoms with van der Waals surface area (Å²) in [5.41, 5.74) is 3.20. The summed E-state index contributed by atoms with van der Waals surface area (Å²) < 4.78 is 5.61. The highest BCUT2D eigenvalue weighted by Gasteiger charge is 2.26. The quantitative estimate of drug-likeness (QED) is 0.532. The molecule has 3 aromatic rings. The van der Waals surface area contributed by atoms with Crippen LogP contribution in [-0.2, 0) is 33.7 Å². The predicted octanol–water partition coefficient (Wildman–Crippen LogP) is 2.61. The second-order valence-corrected chi connectivity index (χ2v) is 9.61. The standard InChI is InChI=1S/C24H28N6O3S/c31-22(25-14-18-8-4-12-33-18)15-29(20-10-3-7-17-6-1-2-9-19(17)20)23(32)16-30-27-24(26-28-30)21-11-5-13-34-21/h3,5,7,10-11,13,18H,1-2,4,6,8-9,12,14-16H2,(H,25,31)/t18-/m0/s1. The predicted molar refractivity (Wildman–Crippen MR) is 129 cm³/mol. The molecule has 9 nitrogen and oxygen atoms in total. The van der Waals surface area contributed by atoms with Crippen LogP contribution in [0.15, 0.2) is 35.7 Å². The molecular weight excluding hydrogens is 452 g/mol. The SMILES string of the molecule is O=C(CN(C(=O)Cn1nnc(-c2cccs2)n1)c1cccc2c1CCCC2)NC[C@@H]1CCCO1. The molecule has 34 heavy (non-hydrogen) atoms. The maximum Gasteiger partial charge on any atom is 0.251 e. The van der Waals surface area contributed by atoms with Gasteiger partial charge in [0.05, 0.1) is 11.0 Å². The van der Waals surface area contributed by atoms with Gasteiger partial charge in [0.15, 0.2) is 0 Å². The summed E-state index contributed by atoms with van der Waals surface area (Å²) in [5.74, 6) is 0.0326. The van der Waals surface area contributed by atoms with Crippen molar-refractivity contribution < 1.29 is 14.3 Å². The number of benzene rings is 1. The Bertz CT molecular complexity index is 1140. The van der Waals surface area contributed by atoms with E-state index in [0.717, 1.165) is 61.3 Å². The van der Waals surface area contributed by atoms with Crippen LogP contribution in [0.2, 0.25) is 0 Å². The fourth-order valence-electron chi connectivity index (χ4n) is 4.58. The third kappa shape index (κ3) is 5.18. The molecule has 1 N–H and O–H groups in total. The van der Waals surface area contributed by atoms with Crippen molar-refractivity contribution in [2.75, 3.05) is 24.6 Å². The molecule has 1 fully saturated rings. The number of rotatable bonds is 8. The lowest BCUT2D eigenvalue weighted by Gasteiger charge is -2.28. The van der Waals surface area contributed by atoms with Gasteiger partial charge in [-0.1, -0.05) is 18.2 Å². The van der Waals surface area contributed by atoms with Gasteiger partial charge in [0.2, 0.25) is 11.7 Å². The maximum absolute atomic E-state index is 13.5. The number of aromatic nitrogens is 4. The van der Waals surface area contributed by atoms with Crippen molar-refractivity contribution in [3.63, 3.8) is 0 Å². The topological polar surface area (TPSA) is 102 Å². The van der Waals surface area contributed by atoms with Gasteiger partial charge in [-0.25, -0.2) is 0 Å². The molecule has 1 saturated heterocycles. The van der Waals surface area contributed by atoms with Crippen molar-refractivity contribution >= 4 is 28.8 Å². The number of anilines is 1. The van der Waals surface area contributed by atoms with E-state index in [2.05, 4.69) is 26.8 Å².